The molecule has 6 rings (SSSR count). The molecule has 0 spiro atoms. The molecule has 0 aliphatic heterocycles. The summed E-state index contributed by atoms with van der Waals surface area (Å²) in [4.78, 5) is 22.1. The minimum Gasteiger partial charge on any atom is -0.494 e. The van der Waals surface area contributed by atoms with Crippen molar-refractivity contribution in [2.75, 3.05) is 17.7 Å². The first-order chi connectivity index (χ1) is 25.7. The Hall–Kier alpha value is -6.94. The highest BCUT2D eigenvalue weighted by Gasteiger charge is 2.21. The maximum Gasteiger partial charge on any atom is 0.335 e. The number of rotatable bonds is 12. The van der Waals surface area contributed by atoms with E-state index in [0.717, 1.165) is 12.1 Å². The summed E-state index contributed by atoms with van der Waals surface area (Å²) >= 11 is 0. The molecule has 0 saturated carbocycles. The lowest BCUT2D eigenvalue weighted by Crippen LogP contribution is -2.04. The summed E-state index contributed by atoms with van der Waals surface area (Å²) in [6, 6.07) is 22.1. The van der Waals surface area contributed by atoms with Gasteiger partial charge in [-0.25, -0.2) is 4.79 Å². The molecular formula is C33H25N9O10S2. The molecule has 54 heavy (non-hydrogen) atoms. The van der Waals surface area contributed by atoms with Gasteiger partial charge in [-0.15, -0.1) is 0 Å². The summed E-state index contributed by atoms with van der Waals surface area (Å²) < 4.78 is 72.9. The molecule has 6 aromatic rings. The van der Waals surface area contributed by atoms with Crippen molar-refractivity contribution in [2.24, 2.45) is 20.5 Å². The molecule has 0 saturated heterocycles. The van der Waals surface area contributed by atoms with Gasteiger partial charge < -0.3 is 25.6 Å². The fraction of sp³-hybridized carbons (Fsp3) is 0.0303. The first-order valence-electron chi connectivity index (χ1n) is 15.1. The number of ether oxygens (including phenoxy) is 1. The number of carboxylic acids is 1. The third kappa shape index (κ3) is 8.74. The number of aromatic carboxylic acids is 1. The van der Waals surface area contributed by atoms with Crippen LogP contribution in [0.4, 0.5) is 46.0 Å². The molecule has 0 atom stereocenters. The molecule has 21 heteroatoms. The zero-order valence-corrected chi connectivity index (χ0v) is 29.1. The Balaban J connectivity index is 1.17. The minimum atomic E-state index is -4.83. The maximum absolute atomic E-state index is 12.1. The van der Waals surface area contributed by atoms with E-state index in [1.54, 1.807) is 42.5 Å². The number of hydrogen-bond donors (Lipinski definition) is 6. The Morgan fingerprint density at radius 2 is 1.26 bits per heavy atom. The summed E-state index contributed by atoms with van der Waals surface area (Å²) in [5.41, 5.74) is 1.80. The fourth-order valence-electron chi connectivity index (χ4n) is 4.92. The van der Waals surface area contributed by atoms with E-state index in [1.807, 2.05) is 0 Å². The van der Waals surface area contributed by atoms with E-state index in [-0.39, 0.29) is 39.6 Å². The van der Waals surface area contributed by atoms with Crippen LogP contribution in [0.25, 0.3) is 10.8 Å². The molecule has 0 bridgehead atoms. The Labute approximate surface area is 305 Å². The summed E-state index contributed by atoms with van der Waals surface area (Å²) in [6.45, 7) is 0. The normalized spacial score (nSPS) is 12.0. The summed E-state index contributed by atoms with van der Waals surface area (Å²) in [6.07, 6.45) is 0. The van der Waals surface area contributed by atoms with Crippen molar-refractivity contribution in [1.29, 1.82) is 0 Å². The van der Waals surface area contributed by atoms with E-state index >= 15 is 0 Å². The maximum atomic E-state index is 12.1. The van der Waals surface area contributed by atoms with Gasteiger partial charge in [-0.1, -0.05) is 18.2 Å². The largest absolute Gasteiger partial charge is 0.494 e. The second kappa shape index (κ2) is 15.0. The van der Waals surface area contributed by atoms with Crippen molar-refractivity contribution >= 4 is 83.0 Å². The standard InChI is InChI=1S/C33H25N9O10S2/c1-52-27-16-22(41-40-21-5-2-4-18(14-21)30(43)44)12-13-26(27)35-32-36-31(37-33(45)38-32)34-19-8-10-20(11-9-19)39-42-23-15-25-24(29(17-23)54(49,50)51)6-3-7-28(25)53(46,47)48/h2-17H,1H3,(H,43,44)(H,46,47,48)(H,49,50,51)(H3,34,35,36,37,38,45). The molecule has 1 aromatic heterocycles. The van der Waals surface area contributed by atoms with Crippen molar-refractivity contribution in [3.63, 3.8) is 0 Å². The zero-order chi connectivity index (χ0) is 38.6. The van der Waals surface area contributed by atoms with Crippen LogP contribution in [0, 0.1) is 0 Å². The molecule has 5 aromatic carbocycles. The Morgan fingerprint density at radius 3 is 1.93 bits per heavy atom. The first-order valence-corrected chi connectivity index (χ1v) is 18.0. The van der Waals surface area contributed by atoms with Crippen LogP contribution in [-0.2, 0) is 20.2 Å². The molecule has 0 aliphatic rings. The van der Waals surface area contributed by atoms with E-state index in [1.165, 1.54) is 49.6 Å². The molecule has 274 valence electrons. The Morgan fingerprint density at radius 1 is 0.648 bits per heavy atom. The highest BCUT2D eigenvalue weighted by molar-refractivity contribution is 7.86. The van der Waals surface area contributed by atoms with Crippen LogP contribution in [-0.4, -0.2) is 64.2 Å². The van der Waals surface area contributed by atoms with Gasteiger partial charge in [0.05, 0.1) is 41.1 Å². The van der Waals surface area contributed by atoms with Gasteiger partial charge in [-0.2, -0.15) is 52.2 Å². The van der Waals surface area contributed by atoms with E-state index in [9.17, 15) is 40.9 Å². The molecule has 1 heterocycles. The van der Waals surface area contributed by atoms with Gasteiger partial charge in [0.25, 0.3) is 20.2 Å². The number of aromatic nitrogens is 3. The van der Waals surface area contributed by atoms with Gasteiger partial charge in [0.2, 0.25) is 11.9 Å². The first kappa shape index (κ1) is 36.8. The topological polar surface area (TPSA) is 288 Å². The fourth-order valence-corrected chi connectivity index (χ4v) is 6.34. The lowest BCUT2D eigenvalue weighted by atomic mass is 10.1. The minimum absolute atomic E-state index is 0.0455. The molecule has 0 unspecified atom stereocenters. The van der Waals surface area contributed by atoms with Crippen LogP contribution >= 0.6 is 0 Å². The van der Waals surface area contributed by atoms with Crippen molar-refractivity contribution in [2.45, 2.75) is 9.79 Å². The van der Waals surface area contributed by atoms with Crippen LogP contribution < -0.4 is 15.4 Å². The second-order valence-corrected chi connectivity index (χ2v) is 13.7. The second-order valence-electron chi connectivity index (χ2n) is 11.0. The van der Waals surface area contributed by atoms with E-state index in [0.29, 0.717) is 28.5 Å². The van der Waals surface area contributed by atoms with Crippen LogP contribution in [0.2, 0.25) is 0 Å². The van der Waals surface area contributed by atoms with Crippen LogP contribution in [0.15, 0.2) is 127 Å². The Kier molecular flexibility index (Phi) is 10.2. The van der Waals surface area contributed by atoms with Crippen LogP contribution in [0.5, 0.6) is 11.8 Å². The third-order valence-electron chi connectivity index (χ3n) is 7.29. The molecule has 0 aliphatic carbocycles. The predicted molar refractivity (Wildman–Crippen MR) is 193 cm³/mol. The highest BCUT2D eigenvalue weighted by Crippen LogP contribution is 2.35. The van der Waals surface area contributed by atoms with E-state index < -0.39 is 42.0 Å². The Bertz CT molecular complexity index is 2710. The van der Waals surface area contributed by atoms with Crippen molar-refractivity contribution in [3.8, 4) is 11.8 Å². The van der Waals surface area contributed by atoms with Crippen molar-refractivity contribution in [1.82, 2.24) is 15.0 Å². The van der Waals surface area contributed by atoms with Gasteiger partial charge >= 0.3 is 12.0 Å². The monoisotopic (exact) mass is 771 g/mol. The zero-order valence-electron chi connectivity index (χ0n) is 27.4. The third-order valence-corrected chi connectivity index (χ3v) is 9.10. The van der Waals surface area contributed by atoms with Gasteiger partial charge in [-0.05, 0) is 72.8 Å². The molecular weight excluding hydrogens is 747 g/mol. The number of benzene rings is 5. The summed E-state index contributed by atoms with van der Waals surface area (Å²) in [7, 11) is -8.16. The quantitative estimate of drug-likeness (QED) is 0.0527. The number of carbonyl (C=O) groups is 1. The SMILES string of the molecule is COc1cc(N=Nc2cccc(C(=O)O)c2)ccc1Nc1nc(O)nc(Nc2ccc(N=Nc3cc(S(=O)(=O)O)c4cccc(S(=O)(=O)O)c4c3)cc2)n1. The summed E-state index contributed by atoms with van der Waals surface area (Å²) in [5.74, 6) is -0.865. The molecule has 0 radical (unpaired) electrons. The molecule has 0 fully saturated rings. The average molecular weight is 772 g/mol. The number of anilines is 4. The number of aromatic hydroxyl groups is 1. The predicted octanol–water partition coefficient (Wildman–Crippen LogP) is 7.25. The number of azo groups is 2. The van der Waals surface area contributed by atoms with Crippen molar-refractivity contribution in [3.05, 3.63) is 103 Å². The number of hydrogen-bond acceptors (Lipinski definition) is 16. The number of nitrogens with zero attached hydrogens (tertiary/aromatic N) is 7. The van der Waals surface area contributed by atoms with Gasteiger partial charge in [0.15, 0.2) is 0 Å². The molecule has 6 N–H and O–H groups in total. The number of nitrogens with one attached hydrogen (secondary N) is 2. The van der Waals surface area contributed by atoms with E-state index in [2.05, 4.69) is 46.0 Å². The van der Waals surface area contributed by atoms with Gasteiger partial charge in [0, 0.05) is 22.5 Å². The van der Waals surface area contributed by atoms with Gasteiger partial charge in [-0.3, -0.25) is 9.11 Å². The number of methoxy groups -OCH3 is 1. The smallest absolute Gasteiger partial charge is 0.335 e. The van der Waals surface area contributed by atoms with Crippen LogP contribution in [0.1, 0.15) is 10.4 Å². The number of carboxylic acid groups (broad SMARTS) is 1. The lowest BCUT2D eigenvalue weighted by molar-refractivity contribution is 0.0696. The highest BCUT2D eigenvalue weighted by atomic mass is 32.2. The summed E-state index contributed by atoms with van der Waals surface area (Å²) in [5, 5.41) is 41.1. The molecule has 19 nitrogen and oxygen atoms in total. The molecule has 0 amide bonds. The van der Waals surface area contributed by atoms with Crippen LogP contribution in [0.3, 0.4) is 0 Å². The van der Waals surface area contributed by atoms with Crippen molar-refractivity contribution < 1.29 is 45.7 Å². The van der Waals surface area contributed by atoms with Gasteiger partial charge in [0.1, 0.15) is 15.5 Å². The average Bonchev–Trinajstić information content (AvgIpc) is 3.12. The number of fused-ring (bicyclic) bond motifs is 1. The lowest BCUT2D eigenvalue weighted by Gasteiger charge is -2.12. The van der Waals surface area contributed by atoms with E-state index in [4.69, 9.17) is 4.74 Å².